The molecule has 4 rings (SSSR count). The summed E-state index contributed by atoms with van der Waals surface area (Å²) in [5.74, 6) is 0.859. The van der Waals surface area contributed by atoms with E-state index in [1.807, 2.05) is 30.2 Å². The molecule has 0 radical (unpaired) electrons. The van der Waals surface area contributed by atoms with E-state index in [-0.39, 0.29) is 23.5 Å². The van der Waals surface area contributed by atoms with Gasteiger partial charge in [0.15, 0.2) is 0 Å². The summed E-state index contributed by atoms with van der Waals surface area (Å²) >= 11 is 3.01. The third-order valence-corrected chi connectivity index (χ3v) is 8.27. The van der Waals surface area contributed by atoms with Crippen LogP contribution in [0.3, 0.4) is 0 Å². The van der Waals surface area contributed by atoms with Gasteiger partial charge in [0, 0.05) is 48.9 Å². The highest BCUT2D eigenvalue weighted by Crippen LogP contribution is 2.33. The van der Waals surface area contributed by atoms with Gasteiger partial charge in [0.2, 0.25) is 0 Å². The second kappa shape index (κ2) is 11.7. The molecule has 1 saturated heterocycles. The maximum Gasteiger partial charge on any atom is 0.277 e. The van der Waals surface area contributed by atoms with Gasteiger partial charge in [-0.15, -0.1) is 29.7 Å². The van der Waals surface area contributed by atoms with Crippen molar-refractivity contribution in [2.24, 2.45) is 0 Å². The molecule has 0 aliphatic carbocycles. The Bertz CT molecular complexity index is 1250. The van der Waals surface area contributed by atoms with Crippen LogP contribution in [0.15, 0.2) is 59.6 Å². The Morgan fingerprint density at radius 1 is 1.31 bits per heavy atom. The Labute approximate surface area is 219 Å². The van der Waals surface area contributed by atoms with Crippen molar-refractivity contribution < 1.29 is 14.7 Å². The quantitative estimate of drug-likeness (QED) is 0.310. The van der Waals surface area contributed by atoms with Crippen LogP contribution in [0.4, 0.5) is 5.69 Å². The predicted molar refractivity (Wildman–Crippen MR) is 145 cm³/mol. The lowest BCUT2D eigenvalue weighted by molar-refractivity contribution is 0.0708. The maximum atomic E-state index is 13.3. The number of pyridine rings is 1. The lowest BCUT2D eigenvalue weighted by Gasteiger charge is -2.31. The number of aryl methyl sites for hydroxylation is 1. The smallest absolute Gasteiger partial charge is 0.277 e. The summed E-state index contributed by atoms with van der Waals surface area (Å²) in [5.41, 5.74) is 2.64. The first kappa shape index (κ1) is 25.9. The molecule has 0 saturated carbocycles. The second-order valence-corrected chi connectivity index (χ2v) is 10.5. The molecule has 188 valence electrons. The van der Waals surface area contributed by atoms with E-state index in [1.54, 1.807) is 41.4 Å². The number of benzene rings is 1. The SMILES string of the molecule is C=CCSc1ncccc1C(=O)N1CCC(c2nc(C(=O)N(CC)c3cc(O)ccc3C)cs2)CC1. The number of carbonyl (C=O) groups is 2. The average Bonchev–Trinajstić information content (AvgIpc) is 3.40. The van der Waals surface area contributed by atoms with Crippen LogP contribution >= 0.6 is 23.1 Å². The number of hydrogen-bond acceptors (Lipinski definition) is 7. The highest BCUT2D eigenvalue weighted by molar-refractivity contribution is 7.99. The van der Waals surface area contributed by atoms with Gasteiger partial charge in [-0.1, -0.05) is 12.1 Å². The van der Waals surface area contributed by atoms with E-state index < -0.39 is 0 Å². The zero-order valence-corrected chi connectivity index (χ0v) is 22.1. The molecule has 3 aromatic rings. The first-order valence-electron chi connectivity index (χ1n) is 12.0. The Morgan fingerprint density at radius 3 is 2.81 bits per heavy atom. The van der Waals surface area contributed by atoms with Gasteiger partial charge in [0.1, 0.15) is 16.5 Å². The van der Waals surface area contributed by atoms with Crippen LogP contribution < -0.4 is 4.90 Å². The highest BCUT2D eigenvalue weighted by atomic mass is 32.2. The normalized spacial score (nSPS) is 14.0. The molecule has 1 aliphatic heterocycles. The van der Waals surface area contributed by atoms with Crippen molar-refractivity contribution >= 4 is 40.6 Å². The number of likely N-dealkylation sites (tertiary alicyclic amines) is 1. The number of amides is 2. The maximum absolute atomic E-state index is 13.3. The lowest BCUT2D eigenvalue weighted by Crippen LogP contribution is -2.38. The van der Waals surface area contributed by atoms with Crippen LogP contribution in [0.25, 0.3) is 0 Å². The minimum atomic E-state index is -0.178. The van der Waals surface area contributed by atoms with Gasteiger partial charge in [0.05, 0.1) is 16.3 Å². The number of aromatic nitrogens is 2. The molecular weight excluding hydrogens is 492 g/mol. The number of piperidine rings is 1. The Morgan fingerprint density at radius 2 is 2.08 bits per heavy atom. The fourth-order valence-corrected chi connectivity index (χ4v) is 6.02. The van der Waals surface area contributed by atoms with E-state index in [0.29, 0.717) is 42.3 Å². The third-order valence-electron chi connectivity index (χ3n) is 6.26. The number of phenols is 1. The molecule has 2 amide bonds. The van der Waals surface area contributed by atoms with Crippen LogP contribution in [0.1, 0.15) is 57.1 Å². The number of hydrogen-bond donors (Lipinski definition) is 1. The number of thioether (sulfide) groups is 1. The molecule has 0 bridgehead atoms. The fourth-order valence-electron chi connectivity index (χ4n) is 4.33. The molecule has 0 spiro atoms. The first-order chi connectivity index (χ1) is 17.4. The number of thiazole rings is 1. The van der Waals surface area contributed by atoms with Gasteiger partial charge in [-0.05, 0) is 50.5 Å². The molecule has 1 N–H and O–H groups in total. The summed E-state index contributed by atoms with van der Waals surface area (Å²) < 4.78 is 0. The van der Waals surface area contributed by atoms with Crippen molar-refractivity contribution in [2.45, 2.75) is 37.6 Å². The van der Waals surface area contributed by atoms with E-state index in [2.05, 4.69) is 11.6 Å². The minimum absolute atomic E-state index is 0.00295. The fraction of sp³-hybridized carbons (Fsp3) is 0.333. The summed E-state index contributed by atoms with van der Waals surface area (Å²) in [4.78, 5) is 39.0. The van der Waals surface area contributed by atoms with Crippen LogP contribution in [-0.4, -0.2) is 57.2 Å². The molecule has 2 aromatic heterocycles. The number of nitrogens with zero attached hydrogens (tertiary/aromatic N) is 4. The number of anilines is 1. The van der Waals surface area contributed by atoms with Gasteiger partial charge >= 0.3 is 0 Å². The predicted octanol–water partition coefficient (Wildman–Crippen LogP) is 5.52. The molecule has 0 atom stereocenters. The van der Waals surface area contributed by atoms with Crippen molar-refractivity contribution in [3.63, 3.8) is 0 Å². The highest BCUT2D eigenvalue weighted by Gasteiger charge is 2.29. The second-order valence-electron chi connectivity index (χ2n) is 8.61. The summed E-state index contributed by atoms with van der Waals surface area (Å²) in [7, 11) is 0. The number of aromatic hydroxyl groups is 1. The molecule has 1 aromatic carbocycles. The largest absolute Gasteiger partial charge is 0.508 e. The summed E-state index contributed by atoms with van der Waals surface area (Å²) in [6.45, 7) is 9.31. The summed E-state index contributed by atoms with van der Waals surface area (Å²) in [6.07, 6.45) is 5.10. The molecule has 1 aliphatic rings. The molecule has 36 heavy (non-hydrogen) atoms. The van der Waals surface area contributed by atoms with E-state index in [0.717, 1.165) is 28.4 Å². The van der Waals surface area contributed by atoms with Crippen LogP contribution in [0, 0.1) is 6.92 Å². The Hall–Kier alpha value is -3.17. The van der Waals surface area contributed by atoms with E-state index in [1.165, 1.54) is 23.1 Å². The minimum Gasteiger partial charge on any atom is -0.508 e. The average molecular weight is 523 g/mol. The topological polar surface area (TPSA) is 86.6 Å². The molecule has 7 nitrogen and oxygen atoms in total. The zero-order chi connectivity index (χ0) is 25.7. The Balaban J connectivity index is 1.42. The van der Waals surface area contributed by atoms with Gasteiger partial charge in [-0.2, -0.15) is 0 Å². The van der Waals surface area contributed by atoms with Gasteiger partial charge in [-0.25, -0.2) is 9.97 Å². The van der Waals surface area contributed by atoms with E-state index >= 15 is 0 Å². The van der Waals surface area contributed by atoms with E-state index in [4.69, 9.17) is 4.98 Å². The van der Waals surface area contributed by atoms with Gasteiger partial charge < -0.3 is 14.9 Å². The summed E-state index contributed by atoms with van der Waals surface area (Å²) in [5, 5.41) is 13.4. The molecule has 1 fully saturated rings. The first-order valence-corrected chi connectivity index (χ1v) is 13.8. The van der Waals surface area contributed by atoms with Crippen LogP contribution in [-0.2, 0) is 0 Å². The van der Waals surface area contributed by atoms with Crippen molar-refractivity contribution in [2.75, 3.05) is 30.3 Å². The number of phenolic OH excluding ortho intramolecular Hbond substituents is 1. The third kappa shape index (κ3) is 5.63. The van der Waals surface area contributed by atoms with Crippen molar-refractivity contribution in [3.8, 4) is 5.75 Å². The Kier molecular flexibility index (Phi) is 8.43. The summed E-state index contributed by atoms with van der Waals surface area (Å²) in [6, 6.07) is 8.66. The number of carbonyl (C=O) groups excluding carboxylic acids is 2. The van der Waals surface area contributed by atoms with Gasteiger partial charge in [0.25, 0.3) is 11.8 Å². The molecular formula is C27H30N4O3S2. The van der Waals surface area contributed by atoms with Crippen LogP contribution in [0.5, 0.6) is 5.75 Å². The van der Waals surface area contributed by atoms with Gasteiger partial charge in [-0.3, -0.25) is 9.59 Å². The molecule has 0 unspecified atom stereocenters. The van der Waals surface area contributed by atoms with Crippen LogP contribution in [0.2, 0.25) is 0 Å². The van der Waals surface area contributed by atoms with E-state index in [9.17, 15) is 14.7 Å². The van der Waals surface area contributed by atoms with Crippen molar-refractivity contribution in [3.05, 3.63) is 76.4 Å². The van der Waals surface area contributed by atoms with Crippen molar-refractivity contribution in [1.29, 1.82) is 0 Å². The molecule has 9 heteroatoms. The number of rotatable bonds is 8. The monoisotopic (exact) mass is 522 g/mol. The standard InChI is InChI=1S/C27H30N4O3S2/c1-4-15-35-25-21(7-6-12-28-25)26(33)30-13-10-19(11-14-30)24-29-22(17-36-24)27(34)31(5-2)23-16-20(32)9-8-18(23)3/h4,6-9,12,16-17,19,32H,1,5,10-11,13-15H2,2-3H3. The molecule has 3 heterocycles. The van der Waals surface area contributed by atoms with Crippen molar-refractivity contribution in [1.82, 2.24) is 14.9 Å². The zero-order valence-electron chi connectivity index (χ0n) is 20.5. The lowest BCUT2D eigenvalue weighted by atomic mass is 9.97.